The van der Waals surface area contributed by atoms with Crippen LogP contribution in [-0.2, 0) is 15.5 Å². The topological polar surface area (TPSA) is 49.4 Å². The van der Waals surface area contributed by atoms with Crippen molar-refractivity contribution >= 4 is 11.4 Å². The number of hydrogen-bond acceptors (Lipinski definition) is 3. The van der Waals surface area contributed by atoms with Gasteiger partial charge < -0.3 is 13.2 Å². The first-order valence-electron chi connectivity index (χ1n) is 10.0. The lowest BCUT2D eigenvalue weighted by Crippen LogP contribution is -2.48. The van der Waals surface area contributed by atoms with Gasteiger partial charge in [0.1, 0.15) is 0 Å². The van der Waals surface area contributed by atoms with Crippen molar-refractivity contribution in [3.63, 3.8) is 0 Å². The molecule has 27 heavy (non-hydrogen) atoms. The van der Waals surface area contributed by atoms with Crippen molar-refractivity contribution in [1.29, 1.82) is 0 Å². The summed E-state index contributed by atoms with van der Waals surface area (Å²) in [4.78, 5) is 0. The molecule has 0 heterocycles. The van der Waals surface area contributed by atoms with E-state index < -0.39 is 11.4 Å². The van der Waals surface area contributed by atoms with E-state index in [-0.39, 0.29) is 0 Å². The van der Waals surface area contributed by atoms with Gasteiger partial charge >= 0.3 is 0 Å². The Morgan fingerprint density at radius 1 is 0.778 bits per heavy atom. The number of quaternary nitrogens is 1. The highest BCUT2D eigenvalue weighted by atomic mass is 32.2. The van der Waals surface area contributed by atoms with Crippen molar-refractivity contribution in [1.82, 2.24) is 0 Å². The van der Waals surface area contributed by atoms with Crippen LogP contribution >= 0.6 is 0 Å². The summed E-state index contributed by atoms with van der Waals surface area (Å²) < 4.78 is 25.3. The van der Waals surface area contributed by atoms with Gasteiger partial charge in [0.25, 0.3) is 0 Å². The van der Waals surface area contributed by atoms with E-state index in [1.807, 2.05) is 24.3 Å². The molecule has 0 fully saturated rings. The van der Waals surface area contributed by atoms with Gasteiger partial charge in [0, 0.05) is 0 Å². The van der Waals surface area contributed by atoms with E-state index >= 15 is 0 Å². The Labute approximate surface area is 170 Å². The van der Waals surface area contributed by atoms with Crippen molar-refractivity contribution in [3.05, 3.63) is 50.6 Å². The van der Waals surface area contributed by atoms with E-state index in [2.05, 4.69) is 37.4 Å². The molecule has 1 unspecified atom stereocenters. The van der Waals surface area contributed by atoms with Crippen molar-refractivity contribution in [2.75, 3.05) is 32.8 Å². The van der Waals surface area contributed by atoms with Crippen LogP contribution in [0.5, 0.6) is 0 Å². The molecule has 0 N–H and O–H groups in total. The zero-order valence-electron chi connectivity index (χ0n) is 17.4. The maximum absolute atomic E-state index is 9.98. The maximum Gasteiger partial charge on any atom is 0.0978 e. The molecule has 0 aliphatic carbocycles. The molecule has 5 heteroatoms. The van der Waals surface area contributed by atoms with E-state index in [1.165, 1.54) is 38.5 Å². The molecule has 0 saturated carbocycles. The molecule has 1 atom stereocenters. The Morgan fingerprint density at radius 3 is 1.48 bits per heavy atom. The van der Waals surface area contributed by atoms with Crippen molar-refractivity contribution in [3.8, 4) is 0 Å². The highest BCUT2D eigenvalue weighted by Crippen LogP contribution is 2.09. The highest BCUT2D eigenvalue weighted by molar-refractivity contribution is 7.74. The zero-order chi connectivity index (χ0) is 20.8. The second-order valence-electron chi connectivity index (χ2n) is 6.73. The third-order valence-corrected chi connectivity index (χ3v) is 4.60. The highest BCUT2D eigenvalue weighted by Gasteiger charge is 2.20. The lowest BCUT2D eigenvalue weighted by Gasteiger charge is -2.35. The summed E-state index contributed by atoms with van der Waals surface area (Å²) in [6, 6.07) is 0. The lowest BCUT2D eigenvalue weighted by atomic mass is 10.1. The largest absolute Gasteiger partial charge is 0.750 e. The number of rotatable bonds is 18. The van der Waals surface area contributed by atoms with Gasteiger partial charge in [-0.25, -0.2) is 4.21 Å². The molecular weight excluding hydrogens is 358 g/mol. The van der Waals surface area contributed by atoms with Crippen LogP contribution in [-0.4, -0.2) is 46.0 Å². The van der Waals surface area contributed by atoms with Crippen LogP contribution in [0.3, 0.4) is 0 Å². The average molecular weight is 400 g/mol. The van der Waals surface area contributed by atoms with Gasteiger partial charge in [-0.3, -0.25) is 0 Å². The van der Waals surface area contributed by atoms with Crippen molar-refractivity contribution < 1.29 is 17.4 Å². The summed E-state index contributed by atoms with van der Waals surface area (Å²) in [6.07, 6.45) is 17.4. The molecule has 0 saturated heterocycles. The van der Waals surface area contributed by atoms with Crippen LogP contribution in [0.25, 0.3) is 0 Å². The Morgan fingerprint density at radius 2 is 1.15 bits per heavy atom. The standard InChI is InChI=1S/C12H20N.C10H22O3S/c1-5-9-13(10-6-2,11-7-3)12-8-4;1-2-3-4-5-6-7-8-9-10-13-14(11)12/h5-8H,1-4,9-12H2;2-10H2,1H3,(H,11,12)/q+1;/p-1. The predicted octanol–water partition coefficient (Wildman–Crippen LogP) is 5.49. The molecule has 0 bridgehead atoms. The number of hydrogen-bond donors (Lipinski definition) is 0. The Kier molecular flexibility index (Phi) is 22.2. The molecule has 0 aliphatic heterocycles. The minimum atomic E-state index is -2.33. The van der Waals surface area contributed by atoms with Crippen molar-refractivity contribution in [2.45, 2.75) is 58.3 Å². The van der Waals surface area contributed by atoms with Gasteiger partial charge in [-0.05, 0) is 30.7 Å². The van der Waals surface area contributed by atoms with Crippen LogP contribution in [0.2, 0.25) is 0 Å². The molecular formula is C22H41NO3S. The van der Waals surface area contributed by atoms with Gasteiger partial charge in [0.05, 0.1) is 44.1 Å². The molecule has 4 nitrogen and oxygen atoms in total. The number of nitrogens with zero attached hydrogens (tertiary/aromatic N) is 1. The van der Waals surface area contributed by atoms with Gasteiger partial charge in [-0.1, -0.05) is 78.2 Å². The van der Waals surface area contributed by atoms with Crippen LogP contribution in [0, 0.1) is 0 Å². The minimum Gasteiger partial charge on any atom is -0.750 e. The summed E-state index contributed by atoms with van der Waals surface area (Å²) >= 11 is -2.33. The second kappa shape index (κ2) is 21.3. The zero-order valence-corrected chi connectivity index (χ0v) is 18.2. The summed E-state index contributed by atoms with van der Waals surface area (Å²) in [7, 11) is 0. The van der Waals surface area contributed by atoms with Crippen molar-refractivity contribution in [2.24, 2.45) is 0 Å². The Balaban J connectivity index is 0. The van der Waals surface area contributed by atoms with E-state index in [0.717, 1.165) is 43.5 Å². The lowest BCUT2D eigenvalue weighted by molar-refractivity contribution is -0.906. The van der Waals surface area contributed by atoms with E-state index in [4.69, 9.17) is 0 Å². The first-order valence-corrected chi connectivity index (χ1v) is 11.0. The molecule has 0 spiro atoms. The SMILES string of the molecule is C=CC[N+](CC=C)(CC=C)CC=C.CCCCCCCCCCOS(=O)[O-]. The molecule has 0 rings (SSSR count). The van der Waals surface area contributed by atoms with Gasteiger partial charge in [-0.15, -0.1) is 0 Å². The molecule has 0 amide bonds. The smallest absolute Gasteiger partial charge is 0.0978 e. The minimum absolute atomic E-state index is 0.338. The second-order valence-corrected chi connectivity index (χ2v) is 7.37. The average Bonchev–Trinajstić information content (AvgIpc) is 2.61. The van der Waals surface area contributed by atoms with E-state index in [0.29, 0.717) is 6.61 Å². The predicted molar refractivity (Wildman–Crippen MR) is 118 cm³/mol. The molecule has 0 aromatic rings. The fourth-order valence-corrected chi connectivity index (χ4v) is 3.16. The summed E-state index contributed by atoms with van der Waals surface area (Å²) in [6.45, 7) is 21.4. The Hall–Kier alpha value is -1.01. The van der Waals surface area contributed by atoms with E-state index in [1.54, 1.807) is 0 Å². The summed E-state index contributed by atoms with van der Waals surface area (Å²) in [5, 5.41) is 0. The van der Waals surface area contributed by atoms with Gasteiger partial charge in [0.2, 0.25) is 0 Å². The third kappa shape index (κ3) is 19.6. The molecule has 0 aromatic carbocycles. The monoisotopic (exact) mass is 399 g/mol. The first kappa shape index (κ1) is 28.2. The maximum atomic E-state index is 9.98. The first-order chi connectivity index (χ1) is 13.0. The molecule has 0 aromatic heterocycles. The fourth-order valence-electron chi connectivity index (χ4n) is 2.91. The molecule has 158 valence electrons. The van der Waals surface area contributed by atoms with Crippen LogP contribution in [0.15, 0.2) is 50.6 Å². The van der Waals surface area contributed by atoms with Crippen LogP contribution in [0.4, 0.5) is 0 Å². The van der Waals surface area contributed by atoms with Crippen LogP contribution < -0.4 is 0 Å². The fraction of sp³-hybridized carbons (Fsp3) is 0.636. The third-order valence-electron chi connectivity index (χ3n) is 4.24. The normalized spacial score (nSPS) is 11.8. The molecule has 0 aliphatic rings. The quantitative estimate of drug-likeness (QED) is 0.133. The summed E-state index contributed by atoms with van der Waals surface area (Å²) in [5.74, 6) is 0. The van der Waals surface area contributed by atoms with E-state index in [9.17, 15) is 8.76 Å². The van der Waals surface area contributed by atoms with Gasteiger partial charge in [0.15, 0.2) is 0 Å². The summed E-state index contributed by atoms with van der Waals surface area (Å²) in [5.41, 5.74) is 0. The Bertz CT molecular complexity index is 365. The number of unbranched alkanes of at least 4 members (excludes halogenated alkanes) is 7. The molecule has 0 radical (unpaired) electrons. The van der Waals surface area contributed by atoms with Crippen LogP contribution in [0.1, 0.15) is 58.3 Å². The van der Waals surface area contributed by atoms with Gasteiger partial charge in [-0.2, -0.15) is 0 Å².